The third kappa shape index (κ3) is 3.93. The van der Waals surface area contributed by atoms with Gasteiger partial charge in [-0.2, -0.15) is 0 Å². The third-order valence-electron chi connectivity index (χ3n) is 5.73. The molecule has 1 atom stereocenters. The molecular weight excluding hydrogens is 424 g/mol. The Labute approximate surface area is 189 Å². The number of Topliss-reactive ketones (excluding diaryl/α,β-unsaturated/α-hetero) is 1. The van der Waals surface area contributed by atoms with E-state index in [1.165, 1.54) is 4.90 Å². The van der Waals surface area contributed by atoms with E-state index in [-0.39, 0.29) is 11.3 Å². The zero-order valence-electron chi connectivity index (χ0n) is 17.8. The van der Waals surface area contributed by atoms with Crippen LogP contribution in [-0.2, 0) is 16.1 Å². The monoisotopic (exact) mass is 446 g/mol. The second-order valence-corrected chi connectivity index (χ2v) is 7.79. The van der Waals surface area contributed by atoms with Gasteiger partial charge in [-0.05, 0) is 36.2 Å². The number of aryl methyl sites for hydroxylation is 1. The van der Waals surface area contributed by atoms with Crippen LogP contribution in [0.3, 0.4) is 0 Å². The van der Waals surface area contributed by atoms with E-state index in [2.05, 4.69) is 9.97 Å². The maximum Gasteiger partial charge on any atom is 0.295 e. The molecule has 1 N–H and O–H groups in total. The lowest BCUT2D eigenvalue weighted by molar-refractivity contribution is -0.139. The SMILES string of the molecule is O=C1C(=O)N(CCCn2ccnc2)[C@H](c2cccnc2)/C1=C(\O)c1ccc2c(c1)OCCO2. The van der Waals surface area contributed by atoms with Gasteiger partial charge in [0.2, 0.25) is 0 Å². The van der Waals surface area contributed by atoms with Crippen LogP contribution in [0.4, 0.5) is 0 Å². The maximum absolute atomic E-state index is 13.1. The van der Waals surface area contributed by atoms with Crippen LogP contribution in [0.2, 0.25) is 0 Å². The molecule has 1 amide bonds. The van der Waals surface area contributed by atoms with E-state index >= 15 is 0 Å². The highest BCUT2D eigenvalue weighted by Crippen LogP contribution is 2.40. The Hall–Kier alpha value is -4.14. The second-order valence-electron chi connectivity index (χ2n) is 7.79. The number of likely N-dealkylation sites (tertiary alicyclic amines) is 1. The zero-order valence-corrected chi connectivity index (χ0v) is 17.8. The summed E-state index contributed by atoms with van der Waals surface area (Å²) in [5.74, 6) is -0.567. The summed E-state index contributed by atoms with van der Waals surface area (Å²) in [7, 11) is 0. The summed E-state index contributed by atoms with van der Waals surface area (Å²) in [6.45, 7) is 1.82. The molecule has 168 valence electrons. The van der Waals surface area contributed by atoms with Crippen molar-refractivity contribution in [2.45, 2.75) is 19.0 Å². The van der Waals surface area contributed by atoms with Crippen LogP contribution >= 0.6 is 0 Å². The number of aliphatic hydroxyl groups is 1. The van der Waals surface area contributed by atoms with E-state index in [0.29, 0.717) is 55.4 Å². The molecule has 5 rings (SSSR count). The molecule has 1 fully saturated rings. The van der Waals surface area contributed by atoms with Gasteiger partial charge < -0.3 is 24.0 Å². The molecule has 1 saturated heterocycles. The van der Waals surface area contributed by atoms with Crippen molar-refractivity contribution in [2.75, 3.05) is 19.8 Å². The summed E-state index contributed by atoms with van der Waals surface area (Å²) in [6.07, 6.45) is 9.08. The summed E-state index contributed by atoms with van der Waals surface area (Å²) >= 11 is 0. The van der Waals surface area contributed by atoms with E-state index in [9.17, 15) is 14.7 Å². The normalized spacial score (nSPS) is 19.2. The van der Waals surface area contributed by atoms with E-state index in [1.54, 1.807) is 55.2 Å². The largest absolute Gasteiger partial charge is 0.507 e. The second kappa shape index (κ2) is 8.78. The number of amides is 1. The molecule has 2 aromatic heterocycles. The molecule has 33 heavy (non-hydrogen) atoms. The standard InChI is InChI=1S/C24H22N4O5/c29-22(16-4-5-18-19(13-16)33-12-11-32-18)20-21(17-3-1-6-25-14-17)28(24(31)23(20)30)9-2-8-27-10-7-26-15-27/h1,3-7,10,13-15,21,29H,2,8-9,11-12H2/b22-20+/t21-/m1/s1. The van der Waals surface area contributed by atoms with Gasteiger partial charge in [-0.25, -0.2) is 4.98 Å². The number of nitrogens with zero attached hydrogens (tertiary/aromatic N) is 4. The molecule has 0 unspecified atom stereocenters. The summed E-state index contributed by atoms with van der Waals surface area (Å²) in [5, 5.41) is 11.2. The topological polar surface area (TPSA) is 107 Å². The lowest BCUT2D eigenvalue weighted by atomic mass is 9.96. The summed E-state index contributed by atoms with van der Waals surface area (Å²) < 4.78 is 13.1. The van der Waals surface area contributed by atoms with Gasteiger partial charge in [-0.3, -0.25) is 14.6 Å². The molecule has 2 aliphatic heterocycles. The molecule has 0 radical (unpaired) electrons. The minimum Gasteiger partial charge on any atom is -0.507 e. The number of ether oxygens (including phenoxy) is 2. The number of aromatic nitrogens is 3. The minimum atomic E-state index is -0.741. The molecule has 1 aromatic carbocycles. The Morgan fingerprint density at radius 2 is 1.91 bits per heavy atom. The van der Waals surface area contributed by atoms with E-state index in [4.69, 9.17) is 9.47 Å². The fraction of sp³-hybridized carbons (Fsp3) is 0.250. The van der Waals surface area contributed by atoms with Gasteiger partial charge in [0, 0.05) is 43.4 Å². The van der Waals surface area contributed by atoms with Gasteiger partial charge in [-0.15, -0.1) is 0 Å². The Balaban J connectivity index is 1.52. The first-order valence-electron chi connectivity index (χ1n) is 10.7. The van der Waals surface area contributed by atoms with Crippen LogP contribution in [0.5, 0.6) is 11.5 Å². The van der Waals surface area contributed by atoms with Gasteiger partial charge in [0.15, 0.2) is 11.5 Å². The molecule has 0 aliphatic carbocycles. The van der Waals surface area contributed by atoms with Gasteiger partial charge in [0.25, 0.3) is 11.7 Å². The number of hydrogen-bond acceptors (Lipinski definition) is 7. The average molecular weight is 446 g/mol. The average Bonchev–Trinajstić information content (AvgIpc) is 3.46. The Kier molecular flexibility index (Phi) is 5.52. The Morgan fingerprint density at radius 1 is 1.06 bits per heavy atom. The molecule has 0 spiro atoms. The fourth-order valence-electron chi connectivity index (χ4n) is 4.18. The van der Waals surface area contributed by atoms with Gasteiger partial charge in [0.05, 0.1) is 17.9 Å². The molecule has 0 bridgehead atoms. The van der Waals surface area contributed by atoms with Crippen LogP contribution in [0.25, 0.3) is 5.76 Å². The van der Waals surface area contributed by atoms with Crippen molar-refractivity contribution in [3.8, 4) is 11.5 Å². The number of imidazole rings is 1. The highest BCUT2D eigenvalue weighted by molar-refractivity contribution is 6.46. The maximum atomic E-state index is 13.1. The number of ketones is 1. The van der Waals surface area contributed by atoms with Gasteiger partial charge in [-0.1, -0.05) is 6.07 Å². The van der Waals surface area contributed by atoms with Crippen molar-refractivity contribution in [1.82, 2.24) is 19.4 Å². The van der Waals surface area contributed by atoms with Crippen molar-refractivity contribution >= 4 is 17.4 Å². The number of carbonyl (C=O) groups is 2. The van der Waals surface area contributed by atoms with Crippen LogP contribution < -0.4 is 9.47 Å². The minimum absolute atomic E-state index is 0.0345. The van der Waals surface area contributed by atoms with Crippen molar-refractivity contribution in [3.63, 3.8) is 0 Å². The van der Waals surface area contributed by atoms with Crippen LogP contribution in [0, 0.1) is 0 Å². The predicted molar refractivity (Wildman–Crippen MR) is 118 cm³/mol. The fourth-order valence-corrected chi connectivity index (χ4v) is 4.18. The number of aliphatic hydroxyl groups excluding tert-OH is 1. The molecule has 4 heterocycles. The van der Waals surface area contributed by atoms with Crippen LogP contribution in [0.15, 0.2) is 67.0 Å². The zero-order chi connectivity index (χ0) is 22.8. The number of fused-ring (bicyclic) bond motifs is 1. The van der Waals surface area contributed by atoms with Gasteiger partial charge in [0.1, 0.15) is 19.0 Å². The van der Waals surface area contributed by atoms with Crippen LogP contribution in [0.1, 0.15) is 23.6 Å². The molecule has 2 aliphatic rings. The number of rotatable bonds is 6. The summed E-state index contributed by atoms with van der Waals surface area (Å²) in [5.41, 5.74) is 1.07. The molecule has 9 heteroatoms. The first-order chi connectivity index (χ1) is 16.1. The molecular formula is C24H22N4O5. The first kappa shape index (κ1) is 20.7. The predicted octanol–water partition coefficient (Wildman–Crippen LogP) is 2.56. The first-order valence-corrected chi connectivity index (χ1v) is 10.7. The van der Waals surface area contributed by atoms with E-state index in [0.717, 1.165) is 0 Å². The highest BCUT2D eigenvalue weighted by Gasteiger charge is 2.46. The summed E-state index contributed by atoms with van der Waals surface area (Å²) in [6, 6.07) is 7.75. The van der Waals surface area contributed by atoms with Crippen LogP contribution in [-0.4, -0.2) is 56.0 Å². The molecule has 0 saturated carbocycles. The van der Waals surface area contributed by atoms with Crippen molar-refractivity contribution in [3.05, 3.63) is 78.1 Å². The lowest BCUT2D eigenvalue weighted by Gasteiger charge is -2.25. The smallest absolute Gasteiger partial charge is 0.295 e. The Bertz CT molecular complexity index is 1210. The quantitative estimate of drug-likeness (QED) is 0.352. The van der Waals surface area contributed by atoms with Crippen molar-refractivity contribution in [1.29, 1.82) is 0 Å². The van der Waals surface area contributed by atoms with Gasteiger partial charge >= 0.3 is 0 Å². The molecule has 9 nitrogen and oxygen atoms in total. The highest BCUT2D eigenvalue weighted by atomic mass is 16.6. The Morgan fingerprint density at radius 3 is 2.67 bits per heavy atom. The van der Waals surface area contributed by atoms with Crippen molar-refractivity contribution in [2.24, 2.45) is 0 Å². The third-order valence-corrected chi connectivity index (χ3v) is 5.73. The number of hydrogen-bond donors (Lipinski definition) is 1. The number of pyridine rings is 1. The number of benzene rings is 1. The van der Waals surface area contributed by atoms with Crippen molar-refractivity contribution < 1.29 is 24.2 Å². The lowest BCUT2D eigenvalue weighted by Crippen LogP contribution is -2.31. The van der Waals surface area contributed by atoms with E-state index < -0.39 is 17.7 Å². The van der Waals surface area contributed by atoms with E-state index in [1.807, 2.05) is 10.8 Å². The number of carbonyl (C=O) groups excluding carboxylic acids is 2. The molecule has 3 aromatic rings. The summed E-state index contributed by atoms with van der Waals surface area (Å²) in [4.78, 5) is 35.8.